The van der Waals surface area contributed by atoms with Crippen LogP contribution in [0.1, 0.15) is 19.8 Å². The molecule has 1 aromatic rings. The number of hydrogen-bond acceptors (Lipinski definition) is 14. The largest absolute Gasteiger partial charge is 0.489 e. The van der Waals surface area contributed by atoms with Crippen LogP contribution in [0.3, 0.4) is 0 Å². The molecule has 2 fully saturated rings. The summed E-state index contributed by atoms with van der Waals surface area (Å²) in [5.74, 6) is -1.39. The summed E-state index contributed by atoms with van der Waals surface area (Å²) < 4.78 is 35.7. The van der Waals surface area contributed by atoms with Gasteiger partial charge in [0.25, 0.3) is 0 Å². The molecule has 0 bridgehead atoms. The lowest BCUT2D eigenvalue weighted by Gasteiger charge is -2.30. The van der Waals surface area contributed by atoms with E-state index >= 15 is 0 Å². The van der Waals surface area contributed by atoms with Gasteiger partial charge in [-0.3, -0.25) is 0 Å². The summed E-state index contributed by atoms with van der Waals surface area (Å²) in [4.78, 5) is 23.9. The number of carbonyl (C=O) groups excluding carboxylic acids is 2. The van der Waals surface area contributed by atoms with Crippen LogP contribution in [0.25, 0.3) is 0 Å². The molecule has 3 rings (SSSR count). The Morgan fingerprint density at radius 1 is 0.905 bits per heavy atom. The van der Waals surface area contributed by atoms with Gasteiger partial charge in [-0.15, -0.1) is 70.6 Å². The average molecular weight is 695 g/mol. The molecule has 2 unspecified atom stereocenters. The number of carbonyl (C=O) groups is 2. The quantitative estimate of drug-likeness (QED) is 0.0665. The minimum Gasteiger partial charge on any atom is -0.489 e. The second-order valence-electron chi connectivity index (χ2n) is 9.00. The SMILES string of the molecule is C=CC(=O)OC(COCCC1SCSCS1)COc1cccc(OCC(C)(OCCC2SCSCS2)OC(=O)C=C)c1. The predicted octanol–water partition coefficient (Wildman–Crippen LogP) is 6.71. The summed E-state index contributed by atoms with van der Waals surface area (Å²) >= 11 is 11.5. The highest BCUT2D eigenvalue weighted by molar-refractivity contribution is 8.32. The van der Waals surface area contributed by atoms with E-state index in [1.165, 1.54) is 0 Å². The summed E-state index contributed by atoms with van der Waals surface area (Å²) in [5, 5.41) is 4.37. The van der Waals surface area contributed by atoms with Crippen LogP contribution in [0.5, 0.6) is 11.5 Å². The van der Waals surface area contributed by atoms with Crippen molar-refractivity contribution in [1.29, 1.82) is 0 Å². The van der Waals surface area contributed by atoms with Crippen LogP contribution in [0.4, 0.5) is 0 Å². The monoisotopic (exact) mass is 694 g/mol. The van der Waals surface area contributed by atoms with Gasteiger partial charge in [-0.25, -0.2) is 9.59 Å². The molecule has 0 saturated carbocycles. The molecule has 2 heterocycles. The number of benzene rings is 1. The highest BCUT2D eigenvalue weighted by Gasteiger charge is 2.31. The normalized spacial score (nSPS) is 18.3. The van der Waals surface area contributed by atoms with Crippen LogP contribution in [0.15, 0.2) is 49.6 Å². The number of hydrogen-bond donors (Lipinski definition) is 0. The fourth-order valence-corrected chi connectivity index (χ4v) is 13.1. The van der Waals surface area contributed by atoms with E-state index in [0.717, 1.165) is 45.3 Å². The lowest BCUT2D eigenvalue weighted by molar-refractivity contribution is -0.230. The van der Waals surface area contributed by atoms with Crippen molar-refractivity contribution in [2.45, 2.75) is 40.8 Å². The van der Waals surface area contributed by atoms with E-state index in [9.17, 15) is 9.59 Å². The lowest BCUT2D eigenvalue weighted by atomic mass is 10.3. The zero-order valence-electron chi connectivity index (χ0n) is 23.6. The van der Waals surface area contributed by atoms with Crippen molar-refractivity contribution in [1.82, 2.24) is 0 Å². The van der Waals surface area contributed by atoms with Gasteiger partial charge in [0, 0.05) is 52.1 Å². The second kappa shape index (κ2) is 20.3. The lowest BCUT2D eigenvalue weighted by Crippen LogP contribution is -2.41. The van der Waals surface area contributed by atoms with Crippen LogP contribution < -0.4 is 9.47 Å². The first-order valence-electron chi connectivity index (χ1n) is 13.3. The Hall–Kier alpha value is -0.740. The van der Waals surface area contributed by atoms with Crippen molar-refractivity contribution in [2.24, 2.45) is 0 Å². The van der Waals surface area contributed by atoms with Crippen molar-refractivity contribution in [3.8, 4) is 11.5 Å². The molecule has 8 nitrogen and oxygen atoms in total. The van der Waals surface area contributed by atoms with Crippen LogP contribution in [-0.2, 0) is 28.5 Å². The maximum atomic E-state index is 12.0. The Balaban J connectivity index is 1.49. The van der Waals surface area contributed by atoms with Gasteiger partial charge in [0.1, 0.15) is 18.1 Å². The van der Waals surface area contributed by atoms with Crippen LogP contribution in [-0.4, -0.2) is 86.4 Å². The smallest absolute Gasteiger partial charge is 0.332 e. The zero-order chi connectivity index (χ0) is 30.0. The molecule has 2 aliphatic rings. The van der Waals surface area contributed by atoms with Gasteiger partial charge in [-0.2, -0.15) is 0 Å². The molecule has 0 amide bonds. The van der Waals surface area contributed by atoms with Crippen LogP contribution >= 0.6 is 70.6 Å². The molecule has 234 valence electrons. The van der Waals surface area contributed by atoms with Crippen molar-refractivity contribution in [3.05, 3.63) is 49.6 Å². The van der Waals surface area contributed by atoms with Crippen LogP contribution in [0.2, 0.25) is 0 Å². The molecule has 0 aliphatic carbocycles. The number of ether oxygens (including phenoxy) is 6. The summed E-state index contributed by atoms with van der Waals surface area (Å²) in [6.45, 7) is 9.93. The van der Waals surface area contributed by atoms with Gasteiger partial charge in [-0.05, 0) is 25.0 Å². The first kappa shape index (κ1) is 35.7. The van der Waals surface area contributed by atoms with Gasteiger partial charge in [-0.1, -0.05) is 19.2 Å². The molecule has 0 aromatic heterocycles. The topological polar surface area (TPSA) is 89.5 Å². The molecular formula is C28H38O8S6. The summed E-state index contributed by atoms with van der Waals surface area (Å²) in [7, 11) is 0. The standard InChI is InChI=1S/C28H38O8S6/c1-4-24(29)35-23(14-31-11-9-26-39-17-37-18-40-26)15-32-21-7-6-8-22(13-21)33-16-28(3,36-25(30)5-2)34-12-10-27-41-19-38-20-42-27/h4-8,13,23,26-27H,1-2,9-12,14-20H2,3H3. The van der Waals surface area contributed by atoms with Crippen LogP contribution in [0, 0.1) is 0 Å². The number of rotatable bonds is 19. The van der Waals surface area contributed by atoms with Crippen molar-refractivity contribution < 1.29 is 38.0 Å². The van der Waals surface area contributed by atoms with E-state index < -0.39 is 23.8 Å². The molecule has 2 atom stereocenters. The predicted molar refractivity (Wildman–Crippen MR) is 181 cm³/mol. The first-order valence-corrected chi connectivity index (χ1v) is 19.8. The van der Waals surface area contributed by atoms with Crippen molar-refractivity contribution in [2.75, 3.05) is 53.4 Å². The Labute approximate surface area is 274 Å². The molecule has 14 heteroatoms. The summed E-state index contributed by atoms with van der Waals surface area (Å²) in [6, 6.07) is 7.05. The van der Waals surface area contributed by atoms with Gasteiger partial charge in [0.2, 0.25) is 5.79 Å². The Bertz CT molecular complexity index is 989. The van der Waals surface area contributed by atoms with E-state index in [-0.39, 0.29) is 19.8 Å². The summed E-state index contributed by atoms with van der Waals surface area (Å²) in [5.41, 5.74) is 0. The Morgan fingerprint density at radius 3 is 2.12 bits per heavy atom. The number of esters is 2. The molecular weight excluding hydrogens is 657 g/mol. The van der Waals surface area contributed by atoms with Gasteiger partial charge in [0.15, 0.2) is 12.7 Å². The molecule has 2 saturated heterocycles. The van der Waals surface area contributed by atoms with Gasteiger partial charge in [0.05, 0.1) is 22.4 Å². The average Bonchev–Trinajstić information content (AvgIpc) is 3.02. The molecule has 1 aromatic carbocycles. The maximum Gasteiger partial charge on any atom is 0.332 e. The van der Waals surface area contributed by atoms with E-state index in [0.29, 0.717) is 33.9 Å². The third kappa shape index (κ3) is 14.4. The molecule has 42 heavy (non-hydrogen) atoms. The zero-order valence-corrected chi connectivity index (χ0v) is 28.5. The van der Waals surface area contributed by atoms with E-state index in [2.05, 4.69) is 13.2 Å². The van der Waals surface area contributed by atoms with E-state index in [1.807, 2.05) is 70.6 Å². The minimum atomic E-state index is -1.30. The van der Waals surface area contributed by atoms with Gasteiger partial charge >= 0.3 is 11.9 Å². The van der Waals surface area contributed by atoms with Crippen molar-refractivity contribution >= 4 is 82.5 Å². The van der Waals surface area contributed by atoms with Gasteiger partial charge < -0.3 is 28.4 Å². The second-order valence-corrected chi connectivity index (χ2v) is 17.8. The number of thioether (sulfide) groups is 6. The fourth-order valence-electron chi connectivity index (χ4n) is 3.50. The third-order valence-corrected chi connectivity index (χ3v) is 14.5. The van der Waals surface area contributed by atoms with E-state index in [4.69, 9.17) is 28.4 Å². The van der Waals surface area contributed by atoms with Crippen molar-refractivity contribution in [3.63, 3.8) is 0 Å². The Morgan fingerprint density at radius 2 is 1.50 bits per heavy atom. The summed E-state index contributed by atoms with van der Waals surface area (Å²) in [6.07, 6.45) is 3.39. The highest BCUT2D eigenvalue weighted by Crippen LogP contribution is 2.38. The Kier molecular flexibility index (Phi) is 17.3. The fraction of sp³-hybridized carbons (Fsp3) is 0.571. The third-order valence-electron chi connectivity index (χ3n) is 5.59. The maximum absolute atomic E-state index is 12.0. The molecule has 0 radical (unpaired) electrons. The van der Waals surface area contributed by atoms with E-state index in [1.54, 1.807) is 31.2 Å². The minimum absolute atomic E-state index is 0.0273. The molecule has 2 aliphatic heterocycles. The first-order chi connectivity index (χ1) is 20.4. The molecule has 0 N–H and O–H groups in total. The molecule has 0 spiro atoms. The highest BCUT2D eigenvalue weighted by atomic mass is 32.3.